The molecule has 0 aromatic heterocycles. The van der Waals surface area contributed by atoms with Gasteiger partial charge in [-0.3, -0.25) is 4.79 Å². The van der Waals surface area contributed by atoms with Crippen LogP contribution < -0.4 is 14.9 Å². The van der Waals surface area contributed by atoms with Crippen LogP contribution in [-0.4, -0.2) is 34.0 Å². The normalized spacial score (nSPS) is 14.3. The van der Waals surface area contributed by atoms with Crippen LogP contribution in [0.25, 0.3) is 0 Å². The third-order valence-electron chi connectivity index (χ3n) is 4.65. The molecule has 1 saturated heterocycles. The van der Waals surface area contributed by atoms with Crippen LogP contribution in [-0.2, 0) is 14.8 Å². The molecule has 0 atom stereocenters. The minimum atomic E-state index is -3.59. The lowest BCUT2D eigenvalue weighted by Crippen LogP contribution is -2.28. The minimum absolute atomic E-state index is 0.0496. The maximum Gasteiger partial charge on any atom is 0.240 e. The van der Waals surface area contributed by atoms with Gasteiger partial charge in [0.15, 0.2) is 0 Å². The zero-order chi connectivity index (χ0) is 19.3. The van der Waals surface area contributed by atoms with Crippen molar-refractivity contribution in [2.24, 2.45) is 0 Å². The van der Waals surface area contributed by atoms with Gasteiger partial charge in [0, 0.05) is 37.4 Å². The number of amides is 1. The maximum absolute atomic E-state index is 12.2. The first-order chi connectivity index (χ1) is 13.0. The van der Waals surface area contributed by atoms with Crippen LogP contribution in [0.4, 0.5) is 11.4 Å². The Labute approximate surface area is 160 Å². The molecular formula is C20H25N3O3S. The van der Waals surface area contributed by atoms with Gasteiger partial charge in [0.05, 0.1) is 4.90 Å². The van der Waals surface area contributed by atoms with Gasteiger partial charge in [0.25, 0.3) is 0 Å². The highest BCUT2D eigenvalue weighted by Crippen LogP contribution is 2.25. The van der Waals surface area contributed by atoms with Gasteiger partial charge in [-0.15, -0.1) is 0 Å². The van der Waals surface area contributed by atoms with E-state index in [2.05, 4.69) is 21.0 Å². The van der Waals surface area contributed by atoms with E-state index >= 15 is 0 Å². The molecular weight excluding hydrogens is 362 g/mol. The van der Waals surface area contributed by atoms with Gasteiger partial charge in [-0.25, -0.2) is 13.1 Å². The van der Waals surface area contributed by atoms with Crippen molar-refractivity contribution in [3.63, 3.8) is 0 Å². The molecule has 2 aromatic rings. The summed E-state index contributed by atoms with van der Waals surface area (Å²) in [7, 11) is -3.59. The van der Waals surface area contributed by atoms with Gasteiger partial charge >= 0.3 is 0 Å². The summed E-state index contributed by atoms with van der Waals surface area (Å²) in [6, 6.07) is 14.1. The number of hydrogen-bond acceptors (Lipinski definition) is 4. The first-order valence-electron chi connectivity index (χ1n) is 9.16. The average Bonchev–Trinajstić information content (AvgIpc) is 3.19. The Hall–Kier alpha value is -2.38. The van der Waals surface area contributed by atoms with Crippen LogP contribution in [0.5, 0.6) is 0 Å². The highest BCUT2D eigenvalue weighted by Gasteiger charge is 2.15. The molecule has 0 unspecified atom stereocenters. The molecule has 2 N–H and O–H groups in total. The van der Waals surface area contributed by atoms with Gasteiger partial charge < -0.3 is 10.2 Å². The highest BCUT2D eigenvalue weighted by atomic mass is 32.2. The largest absolute Gasteiger partial charge is 0.372 e. The molecule has 1 heterocycles. The van der Waals surface area contributed by atoms with Gasteiger partial charge in [-0.1, -0.05) is 18.2 Å². The van der Waals surface area contributed by atoms with Crippen molar-refractivity contribution in [2.75, 3.05) is 29.9 Å². The second-order valence-electron chi connectivity index (χ2n) is 6.70. The smallest absolute Gasteiger partial charge is 0.240 e. The Kier molecular flexibility index (Phi) is 6.13. The van der Waals surface area contributed by atoms with Crippen LogP contribution in [0, 0.1) is 6.92 Å². The summed E-state index contributed by atoms with van der Waals surface area (Å²) >= 11 is 0. The molecule has 0 spiro atoms. The highest BCUT2D eigenvalue weighted by molar-refractivity contribution is 7.89. The van der Waals surface area contributed by atoms with E-state index in [1.54, 1.807) is 18.2 Å². The van der Waals surface area contributed by atoms with Crippen LogP contribution in [0.2, 0.25) is 0 Å². The summed E-state index contributed by atoms with van der Waals surface area (Å²) in [6.45, 7) is 4.17. The summed E-state index contributed by atoms with van der Waals surface area (Å²) < 4.78 is 26.7. The Morgan fingerprint density at radius 3 is 2.44 bits per heavy atom. The Bertz CT molecular complexity index is 892. The predicted molar refractivity (Wildman–Crippen MR) is 108 cm³/mol. The number of nitrogens with one attached hydrogen (secondary N) is 2. The van der Waals surface area contributed by atoms with Gasteiger partial charge in [-0.2, -0.15) is 0 Å². The summed E-state index contributed by atoms with van der Waals surface area (Å²) in [5.41, 5.74) is 2.94. The molecule has 0 radical (unpaired) electrons. The summed E-state index contributed by atoms with van der Waals surface area (Å²) in [5.74, 6) is -0.220. The van der Waals surface area contributed by atoms with Crippen molar-refractivity contribution in [3.8, 4) is 0 Å². The molecule has 6 nitrogen and oxygen atoms in total. The van der Waals surface area contributed by atoms with E-state index < -0.39 is 10.0 Å². The zero-order valence-electron chi connectivity index (χ0n) is 15.4. The minimum Gasteiger partial charge on any atom is -0.372 e. The fraction of sp³-hybridized carbons (Fsp3) is 0.350. The van der Waals surface area contributed by atoms with Crippen molar-refractivity contribution in [2.45, 2.75) is 31.1 Å². The second-order valence-corrected chi connectivity index (χ2v) is 8.47. The second kappa shape index (κ2) is 8.54. The number of sulfonamides is 1. The number of carbonyl (C=O) groups is 1. The molecule has 1 amide bonds. The average molecular weight is 388 g/mol. The number of nitrogens with zero attached hydrogens (tertiary/aromatic N) is 1. The lowest BCUT2D eigenvalue weighted by Gasteiger charge is -2.19. The van der Waals surface area contributed by atoms with Crippen molar-refractivity contribution in [3.05, 3.63) is 54.1 Å². The fourth-order valence-electron chi connectivity index (χ4n) is 3.15. The van der Waals surface area contributed by atoms with E-state index in [9.17, 15) is 13.2 Å². The Balaban J connectivity index is 1.52. The molecule has 1 aliphatic heterocycles. The molecule has 0 saturated carbocycles. The van der Waals surface area contributed by atoms with E-state index in [0.29, 0.717) is 0 Å². The Morgan fingerprint density at radius 1 is 1.07 bits per heavy atom. The number of anilines is 2. The number of hydrogen-bond donors (Lipinski definition) is 2. The van der Waals surface area contributed by atoms with E-state index in [1.807, 2.05) is 19.1 Å². The lowest BCUT2D eigenvalue weighted by molar-refractivity contribution is -0.116. The standard InChI is InChI=1S/C20H25N3O3S/c1-16-15-17(23-13-5-6-14-23)9-10-19(16)22-20(24)11-12-21-27(25,26)18-7-3-2-4-8-18/h2-4,7-10,15,21H,5-6,11-14H2,1H3,(H,22,24). The first-order valence-corrected chi connectivity index (χ1v) is 10.6. The third-order valence-corrected chi connectivity index (χ3v) is 6.13. The van der Waals surface area contributed by atoms with Gasteiger partial charge in [0.2, 0.25) is 15.9 Å². The van der Waals surface area contributed by atoms with Crippen LogP contribution in [0.3, 0.4) is 0 Å². The van der Waals surface area contributed by atoms with E-state index in [-0.39, 0.29) is 23.8 Å². The quantitative estimate of drug-likeness (QED) is 0.766. The molecule has 0 bridgehead atoms. The first kappa shape index (κ1) is 19.4. The molecule has 7 heteroatoms. The summed E-state index contributed by atoms with van der Waals surface area (Å²) in [5, 5.41) is 2.86. The fourth-order valence-corrected chi connectivity index (χ4v) is 4.21. The van der Waals surface area contributed by atoms with Crippen molar-refractivity contribution in [1.82, 2.24) is 4.72 Å². The summed E-state index contributed by atoms with van der Waals surface area (Å²) in [4.78, 5) is 14.7. The van der Waals surface area contributed by atoms with Crippen LogP contribution in [0.15, 0.2) is 53.4 Å². The van der Waals surface area contributed by atoms with E-state index in [0.717, 1.165) is 24.3 Å². The topological polar surface area (TPSA) is 78.5 Å². The predicted octanol–water partition coefficient (Wildman–Crippen LogP) is 2.90. The van der Waals surface area contributed by atoms with Crippen LogP contribution in [0.1, 0.15) is 24.8 Å². The SMILES string of the molecule is Cc1cc(N2CCCC2)ccc1NC(=O)CCNS(=O)(=O)c1ccccc1. The van der Waals surface area contributed by atoms with Crippen molar-refractivity contribution in [1.29, 1.82) is 0 Å². The van der Waals surface area contributed by atoms with Gasteiger partial charge in [-0.05, 0) is 55.7 Å². The number of aryl methyl sites for hydroxylation is 1. The molecule has 2 aromatic carbocycles. The molecule has 27 heavy (non-hydrogen) atoms. The van der Waals surface area contributed by atoms with Crippen molar-refractivity contribution < 1.29 is 13.2 Å². The van der Waals surface area contributed by atoms with E-state index in [1.165, 1.54) is 30.7 Å². The summed E-state index contributed by atoms with van der Waals surface area (Å²) in [6.07, 6.45) is 2.51. The maximum atomic E-state index is 12.2. The zero-order valence-corrected chi connectivity index (χ0v) is 16.3. The molecule has 3 rings (SSSR count). The molecule has 144 valence electrons. The molecule has 1 aliphatic rings. The number of rotatable bonds is 7. The number of benzene rings is 2. The molecule has 0 aliphatic carbocycles. The number of carbonyl (C=O) groups excluding carboxylic acids is 1. The van der Waals surface area contributed by atoms with Crippen LogP contribution >= 0.6 is 0 Å². The van der Waals surface area contributed by atoms with Gasteiger partial charge in [0.1, 0.15) is 0 Å². The van der Waals surface area contributed by atoms with E-state index in [4.69, 9.17) is 0 Å². The lowest BCUT2D eigenvalue weighted by atomic mass is 10.1. The molecule has 1 fully saturated rings. The Morgan fingerprint density at radius 2 is 1.78 bits per heavy atom. The third kappa shape index (κ3) is 5.08. The van der Waals surface area contributed by atoms with Crippen molar-refractivity contribution >= 4 is 27.3 Å². The monoisotopic (exact) mass is 387 g/mol.